The maximum atomic E-state index is 14.0. The maximum Gasteiger partial charge on any atom is 0.416 e. The van der Waals surface area contributed by atoms with Gasteiger partial charge in [-0.15, -0.1) is 0 Å². The molecule has 2 heterocycles. The molecule has 2 aliphatic rings. The number of rotatable bonds is 4. The van der Waals surface area contributed by atoms with E-state index in [1.165, 1.54) is 36.4 Å². The Bertz CT molecular complexity index is 1600. The molecule has 0 radical (unpaired) electrons. The van der Waals surface area contributed by atoms with Gasteiger partial charge < -0.3 is 4.42 Å². The number of alkyl halides is 3. The van der Waals surface area contributed by atoms with Crippen LogP contribution in [0.25, 0.3) is 0 Å². The smallest absolute Gasteiger partial charge is 0.416 e. The molecule has 194 valence electrons. The maximum absolute atomic E-state index is 14.0. The van der Waals surface area contributed by atoms with E-state index in [1.54, 1.807) is 0 Å². The number of urea groups is 1. The lowest BCUT2D eigenvalue weighted by atomic mass is 9.84. The van der Waals surface area contributed by atoms with Crippen molar-refractivity contribution in [3.8, 4) is 6.07 Å². The van der Waals surface area contributed by atoms with Crippen LogP contribution in [0.1, 0.15) is 42.0 Å². The topological polar surface area (TPSA) is 112 Å². The van der Waals surface area contributed by atoms with E-state index in [0.29, 0.717) is 10.7 Å². The molecule has 0 fully saturated rings. The van der Waals surface area contributed by atoms with Crippen molar-refractivity contribution in [2.45, 2.75) is 36.6 Å². The van der Waals surface area contributed by atoms with E-state index in [1.807, 2.05) is 6.07 Å². The summed E-state index contributed by atoms with van der Waals surface area (Å²) < 4.78 is 73.6. The van der Waals surface area contributed by atoms with Crippen molar-refractivity contribution in [3.05, 3.63) is 94.9 Å². The van der Waals surface area contributed by atoms with Gasteiger partial charge in [0.05, 0.1) is 29.1 Å². The van der Waals surface area contributed by atoms with Crippen LogP contribution in [-0.4, -0.2) is 24.5 Å². The molecule has 1 aliphatic heterocycles. The zero-order chi connectivity index (χ0) is 27.2. The lowest BCUT2D eigenvalue weighted by Crippen LogP contribution is -2.54. The van der Waals surface area contributed by atoms with E-state index < -0.39 is 44.7 Å². The van der Waals surface area contributed by atoms with Gasteiger partial charge in [0.15, 0.2) is 5.78 Å². The Kier molecular flexibility index (Phi) is 6.11. The summed E-state index contributed by atoms with van der Waals surface area (Å²) in [6.45, 7) is 0. The van der Waals surface area contributed by atoms with Crippen LogP contribution in [0.5, 0.6) is 0 Å². The van der Waals surface area contributed by atoms with Gasteiger partial charge in [0.2, 0.25) is 5.09 Å². The number of hydrogen-bond donors (Lipinski definition) is 0. The zero-order valence-corrected chi connectivity index (χ0v) is 20.3. The number of Topliss-reactive ketones (excluding diaryl/α,β-unsaturated/α-hetero) is 1. The fourth-order valence-corrected chi connectivity index (χ4v) is 6.12. The van der Waals surface area contributed by atoms with Crippen LogP contribution in [0.4, 0.5) is 23.7 Å². The highest BCUT2D eigenvalue weighted by atomic mass is 32.2. The van der Waals surface area contributed by atoms with Gasteiger partial charge in [-0.3, -0.25) is 9.69 Å². The van der Waals surface area contributed by atoms with Gasteiger partial charge >= 0.3 is 22.2 Å². The van der Waals surface area contributed by atoms with Crippen molar-refractivity contribution >= 4 is 27.5 Å². The average Bonchev–Trinajstić information content (AvgIpc) is 3.44. The fourth-order valence-electron chi connectivity index (χ4n) is 4.71. The number of anilines is 1. The number of carbonyl (C=O) groups excluding carboxylic acids is 2. The number of benzene rings is 2. The van der Waals surface area contributed by atoms with Crippen LogP contribution in [0.2, 0.25) is 0 Å². The summed E-state index contributed by atoms with van der Waals surface area (Å²) in [5.74, 6) is -0.440. The number of furan rings is 1. The first-order valence-electron chi connectivity index (χ1n) is 11.4. The summed E-state index contributed by atoms with van der Waals surface area (Å²) in [4.78, 5) is 28.2. The summed E-state index contributed by atoms with van der Waals surface area (Å²) in [5, 5.41) is 8.60. The molecule has 3 aromatic rings. The molecule has 0 saturated carbocycles. The molecule has 1 unspecified atom stereocenters. The van der Waals surface area contributed by atoms with Gasteiger partial charge in [-0.05, 0) is 60.9 Å². The molecule has 0 spiro atoms. The minimum absolute atomic E-state index is 0.0203. The molecule has 38 heavy (non-hydrogen) atoms. The number of amides is 2. The highest BCUT2D eigenvalue weighted by molar-refractivity contribution is 7.89. The highest BCUT2D eigenvalue weighted by Gasteiger charge is 2.50. The van der Waals surface area contributed by atoms with Crippen LogP contribution in [0.3, 0.4) is 0 Å². The second-order valence-electron chi connectivity index (χ2n) is 8.67. The molecule has 5 rings (SSSR count). The number of ketones is 1. The minimum atomic E-state index is -4.73. The normalized spacial score (nSPS) is 18.4. The Morgan fingerprint density at radius 1 is 1.00 bits per heavy atom. The Hall–Kier alpha value is -4.37. The summed E-state index contributed by atoms with van der Waals surface area (Å²) in [5.41, 5.74) is -0.657. The van der Waals surface area contributed by atoms with E-state index in [0.717, 1.165) is 35.4 Å². The van der Waals surface area contributed by atoms with Crippen LogP contribution < -0.4 is 4.90 Å². The number of hydrogen-bond acceptors (Lipinski definition) is 6. The van der Waals surface area contributed by atoms with Crippen molar-refractivity contribution in [1.82, 2.24) is 4.31 Å². The summed E-state index contributed by atoms with van der Waals surface area (Å²) in [6.07, 6.45) is -3.08. The minimum Gasteiger partial charge on any atom is -0.451 e. The van der Waals surface area contributed by atoms with Gasteiger partial charge in [0.25, 0.3) is 0 Å². The van der Waals surface area contributed by atoms with Crippen LogP contribution >= 0.6 is 0 Å². The van der Waals surface area contributed by atoms with E-state index in [2.05, 4.69) is 0 Å². The monoisotopic (exact) mass is 541 g/mol. The van der Waals surface area contributed by atoms with Gasteiger partial charge in [-0.2, -0.15) is 26.9 Å². The van der Waals surface area contributed by atoms with E-state index >= 15 is 0 Å². The molecule has 1 aliphatic carbocycles. The molecule has 0 N–H and O–H groups in total. The second kappa shape index (κ2) is 9.18. The third kappa shape index (κ3) is 4.14. The predicted molar refractivity (Wildman–Crippen MR) is 127 cm³/mol. The number of sulfonamides is 1. The summed E-state index contributed by atoms with van der Waals surface area (Å²) >= 11 is 0. The Morgan fingerprint density at radius 3 is 2.37 bits per heavy atom. The molecule has 0 bridgehead atoms. The predicted octanol–water partition coefficient (Wildman–Crippen LogP) is 5.55. The Labute approximate surface area is 215 Å². The standard InChI is InChI=1S/C26H18F3N3O5S/c27-26(28,29)18-4-1-5-19(14-18)31-20-6-2-7-21(33)23(20)24(17-11-9-16(15-30)10-12-17)32(25(31)34)38(35,36)22-8-3-13-37-22/h1,3-5,8-14,24H,2,6-7H2. The largest absolute Gasteiger partial charge is 0.451 e. The quantitative estimate of drug-likeness (QED) is 0.428. The molecule has 2 aromatic carbocycles. The van der Waals surface area contributed by atoms with Crippen LogP contribution in [0.15, 0.2) is 87.7 Å². The first-order chi connectivity index (χ1) is 18.0. The number of allylic oxidation sites excluding steroid dienone is 1. The van der Waals surface area contributed by atoms with Crippen molar-refractivity contribution in [3.63, 3.8) is 0 Å². The molecule has 1 atom stereocenters. The third-order valence-electron chi connectivity index (χ3n) is 6.38. The lowest BCUT2D eigenvalue weighted by molar-refractivity contribution is -0.137. The molecule has 0 saturated heterocycles. The molecule has 8 nitrogen and oxygen atoms in total. The van der Waals surface area contributed by atoms with E-state index in [4.69, 9.17) is 4.42 Å². The first kappa shape index (κ1) is 25.3. The number of nitriles is 1. The van der Waals surface area contributed by atoms with Gasteiger partial charge in [0, 0.05) is 17.7 Å². The molecule has 1 aromatic heterocycles. The number of nitrogens with zero attached hydrogens (tertiary/aromatic N) is 3. The van der Waals surface area contributed by atoms with Gasteiger partial charge in [-0.25, -0.2) is 9.10 Å². The number of halogens is 3. The molecular formula is C26H18F3N3O5S. The van der Waals surface area contributed by atoms with Gasteiger partial charge in [-0.1, -0.05) is 18.2 Å². The highest BCUT2D eigenvalue weighted by Crippen LogP contribution is 2.46. The molecule has 12 heteroatoms. The lowest BCUT2D eigenvalue weighted by Gasteiger charge is -2.44. The first-order valence-corrected chi connectivity index (χ1v) is 12.8. The van der Waals surface area contributed by atoms with Gasteiger partial charge in [0.1, 0.15) is 6.04 Å². The third-order valence-corrected chi connectivity index (χ3v) is 8.01. The number of carbonyl (C=O) groups is 2. The average molecular weight is 542 g/mol. The van der Waals surface area contributed by atoms with E-state index in [9.17, 15) is 36.4 Å². The SMILES string of the molecule is N#Cc1ccc(C2C3=C(CCCC3=O)N(c3cccc(C(F)(F)F)c3)C(=O)N2S(=O)(=O)c2ccco2)cc1. The summed E-state index contributed by atoms with van der Waals surface area (Å²) in [7, 11) is -4.73. The second-order valence-corrected chi connectivity index (χ2v) is 10.4. The van der Waals surface area contributed by atoms with E-state index in [-0.39, 0.29) is 40.9 Å². The van der Waals surface area contributed by atoms with Crippen molar-refractivity contribution in [2.24, 2.45) is 0 Å². The van der Waals surface area contributed by atoms with Crippen LogP contribution in [0, 0.1) is 11.3 Å². The fraction of sp³-hybridized carbons (Fsp3) is 0.192. The Morgan fingerprint density at radius 2 is 1.74 bits per heavy atom. The zero-order valence-electron chi connectivity index (χ0n) is 19.5. The Balaban J connectivity index is 1.80. The van der Waals surface area contributed by atoms with Crippen LogP contribution in [-0.2, 0) is 21.0 Å². The van der Waals surface area contributed by atoms with Crippen molar-refractivity contribution < 1.29 is 35.6 Å². The molecular weight excluding hydrogens is 523 g/mol. The van der Waals surface area contributed by atoms with Crippen molar-refractivity contribution in [1.29, 1.82) is 5.26 Å². The summed E-state index contributed by atoms with van der Waals surface area (Å²) in [6, 6.07) is 11.4. The molecule has 2 amide bonds. The van der Waals surface area contributed by atoms with Crippen molar-refractivity contribution in [2.75, 3.05) is 4.90 Å².